The van der Waals surface area contributed by atoms with Gasteiger partial charge in [0.1, 0.15) is 9.84 Å². The van der Waals surface area contributed by atoms with Gasteiger partial charge in [0.05, 0.1) is 23.6 Å². The zero-order valence-corrected chi connectivity index (χ0v) is 22.4. The number of rotatable bonds is 9. The molecular weight excluding hydrogens is 509 g/mol. The van der Waals surface area contributed by atoms with Crippen molar-refractivity contribution in [1.29, 1.82) is 0 Å². The van der Waals surface area contributed by atoms with Gasteiger partial charge in [-0.15, -0.1) is 0 Å². The second kappa shape index (κ2) is 10.9. The number of hydrogen-bond acceptors (Lipinski definition) is 4. The standard InChI is InChI=1S/C26H31Cl2NO5S/c1-4-35(33,34)13-12-17(2)29-24(18-8-10-20(27)11-9-18)22(19-6-5-7-21(28)14-19)15-26(3,25(29)32)16-23(30)31/h5-11,14,17,22,24H,4,12-13,15-16H2,1-3H3,(H,30,31). The first kappa shape index (κ1) is 27.5. The van der Waals surface area contributed by atoms with Crippen LogP contribution in [-0.2, 0) is 19.4 Å². The van der Waals surface area contributed by atoms with Crippen LogP contribution in [0.1, 0.15) is 63.1 Å². The number of benzene rings is 2. The molecule has 1 heterocycles. The lowest BCUT2D eigenvalue weighted by molar-refractivity contribution is -0.160. The van der Waals surface area contributed by atoms with Crippen molar-refractivity contribution in [1.82, 2.24) is 4.90 Å². The number of halogens is 2. The first-order chi connectivity index (χ1) is 16.4. The van der Waals surface area contributed by atoms with Crippen LogP contribution in [0.4, 0.5) is 0 Å². The molecule has 0 radical (unpaired) electrons. The Kier molecular flexibility index (Phi) is 8.56. The van der Waals surface area contributed by atoms with Crippen molar-refractivity contribution in [3.63, 3.8) is 0 Å². The molecule has 0 saturated carbocycles. The number of hydrogen-bond donors (Lipinski definition) is 1. The summed E-state index contributed by atoms with van der Waals surface area (Å²) in [6, 6.07) is 13.7. The fourth-order valence-corrected chi connectivity index (χ4v) is 6.31. The topological polar surface area (TPSA) is 91.8 Å². The summed E-state index contributed by atoms with van der Waals surface area (Å²) >= 11 is 12.5. The van der Waals surface area contributed by atoms with E-state index >= 15 is 0 Å². The Bertz CT molecular complexity index is 1180. The summed E-state index contributed by atoms with van der Waals surface area (Å²) in [6.45, 7) is 5.11. The van der Waals surface area contributed by atoms with Crippen LogP contribution in [0, 0.1) is 5.41 Å². The molecule has 2 aromatic carbocycles. The molecule has 0 aromatic heterocycles. The number of carbonyl (C=O) groups is 2. The van der Waals surface area contributed by atoms with E-state index in [1.807, 2.05) is 37.3 Å². The maximum absolute atomic E-state index is 14.0. The zero-order valence-electron chi connectivity index (χ0n) is 20.1. The van der Waals surface area contributed by atoms with E-state index in [0.29, 0.717) is 16.5 Å². The molecule has 1 N–H and O–H groups in total. The number of carbonyl (C=O) groups excluding carboxylic acids is 1. The van der Waals surface area contributed by atoms with Gasteiger partial charge in [-0.05, 0) is 55.2 Å². The third kappa shape index (κ3) is 6.38. The fourth-order valence-electron chi connectivity index (χ4n) is 5.00. The van der Waals surface area contributed by atoms with Gasteiger partial charge >= 0.3 is 5.97 Å². The fraction of sp³-hybridized carbons (Fsp3) is 0.462. The maximum Gasteiger partial charge on any atom is 0.304 e. The van der Waals surface area contributed by atoms with Crippen molar-refractivity contribution in [2.45, 2.75) is 58.0 Å². The van der Waals surface area contributed by atoms with Gasteiger partial charge in [0.15, 0.2) is 0 Å². The van der Waals surface area contributed by atoms with Crippen LogP contribution in [0.5, 0.6) is 0 Å². The van der Waals surface area contributed by atoms with Gasteiger partial charge in [-0.2, -0.15) is 0 Å². The molecule has 9 heteroatoms. The van der Waals surface area contributed by atoms with Gasteiger partial charge in [0.2, 0.25) is 5.91 Å². The van der Waals surface area contributed by atoms with Gasteiger partial charge < -0.3 is 10.0 Å². The summed E-state index contributed by atoms with van der Waals surface area (Å²) in [4.78, 5) is 27.5. The molecule has 1 aliphatic heterocycles. The Labute approximate surface area is 217 Å². The van der Waals surface area contributed by atoms with E-state index in [2.05, 4.69) is 0 Å². The molecule has 1 saturated heterocycles. The van der Waals surface area contributed by atoms with Crippen LogP contribution in [0.25, 0.3) is 0 Å². The molecule has 0 bridgehead atoms. The minimum absolute atomic E-state index is 0.0240. The van der Waals surface area contributed by atoms with Crippen molar-refractivity contribution in [2.75, 3.05) is 11.5 Å². The number of piperidine rings is 1. The lowest BCUT2D eigenvalue weighted by atomic mass is 9.67. The maximum atomic E-state index is 14.0. The number of likely N-dealkylation sites (tertiary alicyclic amines) is 1. The minimum atomic E-state index is -3.24. The van der Waals surface area contributed by atoms with E-state index in [4.69, 9.17) is 23.2 Å². The van der Waals surface area contributed by atoms with Gasteiger partial charge in [-0.1, -0.05) is 61.3 Å². The molecule has 2 aromatic rings. The molecule has 1 amide bonds. The van der Waals surface area contributed by atoms with Crippen LogP contribution < -0.4 is 0 Å². The Balaban J connectivity index is 2.17. The molecule has 190 valence electrons. The van der Waals surface area contributed by atoms with Gasteiger partial charge in [0, 0.05) is 27.8 Å². The molecule has 0 spiro atoms. The average Bonchev–Trinajstić information content (AvgIpc) is 2.79. The first-order valence-electron chi connectivity index (χ1n) is 11.6. The summed E-state index contributed by atoms with van der Waals surface area (Å²) < 4.78 is 24.5. The van der Waals surface area contributed by atoms with Crippen molar-refractivity contribution in [2.24, 2.45) is 5.41 Å². The molecule has 35 heavy (non-hydrogen) atoms. The van der Waals surface area contributed by atoms with Gasteiger partial charge in [0.25, 0.3) is 0 Å². The second-order valence-corrected chi connectivity index (χ2v) is 12.9. The minimum Gasteiger partial charge on any atom is -0.481 e. The second-order valence-electron chi connectivity index (χ2n) is 9.58. The van der Waals surface area contributed by atoms with Crippen LogP contribution >= 0.6 is 23.2 Å². The highest BCUT2D eigenvalue weighted by molar-refractivity contribution is 7.91. The van der Waals surface area contributed by atoms with Gasteiger partial charge in [-0.3, -0.25) is 9.59 Å². The molecule has 4 atom stereocenters. The van der Waals surface area contributed by atoms with E-state index in [9.17, 15) is 23.1 Å². The third-order valence-corrected chi connectivity index (χ3v) is 9.12. The number of nitrogens with zero attached hydrogens (tertiary/aromatic N) is 1. The van der Waals surface area contributed by atoms with E-state index in [-0.39, 0.29) is 36.2 Å². The van der Waals surface area contributed by atoms with Crippen molar-refractivity contribution in [3.05, 3.63) is 69.7 Å². The normalized spacial score (nSPS) is 23.8. The molecule has 6 nitrogen and oxygen atoms in total. The number of carboxylic acids is 1. The number of carboxylic acid groups (broad SMARTS) is 1. The first-order valence-corrected chi connectivity index (χ1v) is 14.2. The Hall–Kier alpha value is -2.09. The largest absolute Gasteiger partial charge is 0.481 e. The highest BCUT2D eigenvalue weighted by Gasteiger charge is 2.51. The Morgan fingerprint density at radius 1 is 1.14 bits per heavy atom. The SMILES string of the molecule is CCS(=O)(=O)CCC(C)N1C(=O)C(C)(CC(=O)O)CC(c2cccc(Cl)c2)C1c1ccc(Cl)cc1. The Morgan fingerprint density at radius 2 is 1.80 bits per heavy atom. The summed E-state index contributed by atoms with van der Waals surface area (Å²) in [5.74, 6) is -1.64. The summed E-state index contributed by atoms with van der Waals surface area (Å²) in [5, 5.41) is 10.7. The highest BCUT2D eigenvalue weighted by atomic mass is 35.5. The molecular formula is C26H31Cl2NO5S. The van der Waals surface area contributed by atoms with E-state index in [1.54, 1.807) is 36.9 Å². The lowest BCUT2D eigenvalue weighted by Gasteiger charge is -2.51. The molecule has 1 aliphatic rings. The monoisotopic (exact) mass is 539 g/mol. The van der Waals surface area contributed by atoms with E-state index < -0.39 is 33.3 Å². The Morgan fingerprint density at radius 3 is 2.37 bits per heavy atom. The highest BCUT2D eigenvalue weighted by Crippen LogP contribution is 2.52. The average molecular weight is 541 g/mol. The summed E-state index contributed by atoms with van der Waals surface area (Å²) in [7, 11) is -3.24. The third-order valence-electron chi connectivity index (χ3n) is 6.89. The van der Waals surface area contributed by atoms with Crippen LogP contribution in [0.3, 0.4) is 0 Å². The van der Waals surface area contributed by atoms with Crippen molar-refractivity contribution in [3.8, 4) is 0 Å². The van der Waals surface area contributed by atoms with E-state index in [1.165, 1.54) is 0 Å². The number of sulfone groups is 1. The zero-order chi connectivity index (χ0) is 26.0. The molecule has 4 unspecified atom stereocenters. The predicted octanol–water partition coefficient (Wildman–Crippen LogP) is 5.74. The molecule has 3 rings (SSSR count). The van der Waals surface area contributed by atoms with Crippen molar-refractivity contribution >= 4 is 44.9 Å². The number of amides is 1. The quantitative estimate of drug-likeness (QED) is 0.438. The molecule has 0 aliphatic carbocycles. The lowest BCUT2D eigenvalue weighted by Crippen LogP contribution is -2.55. The smallest absolute Gasteiger partial charge is 0.304 e. The van der Waals surface area contributed by atoms with Crippen LogP contribution in [0.2, 0.25) is 10.0 Å². The summed E-state index contributed by atoms with van der Waals surface area (Å²) in [6.07, 6.45) is 0.229. The molecule has 1 fully saturated rings. The van der Waals surface area contributed by atoms with Crippen LogP contribution in [0.15, 0.2) is 48.5 Å². The van der Waals surface area contributed by atoms with E-state index in [0.717, 1.165) is 11.1 Å². The number of aliphatic carboxylic acids is 1. The predicted molar refractivity (Wildman–Crippen MR) is 139 cm³/mol. The summed E-state index contributed by atoms with van der Waals surface area (Å²) in [5.41, 5.74) is 0.565. The van der Waals surface area contributed by atoms with Crippen molar-refractivity contribution < 1.29 is 23.1 Å². The van der Waals surface area contributed by atoms with Crippen LogP contribution in [-0.4, -0.2) is 47.8 Å². The van der Waals surface area contributed by atoms with Gasteiger partial charge in [-0.25, -0.2) is 8.42 Å².